The van der Waals surface area contributed by atoms with Crippen LogP contribution in [0.4, 0.5) is 26.3 Å². The molecule has 2 N–H and O–H groups in total. The van der Waals surface area contributed by atoms with E-state index in [0.717, 1.165) is 18.9 Å². The van der Waals surface area contributed by atoms with Gasteiger partial charge < -0.3 is 24.6 Å². The lowest BCUT2D eigenvalue weighted by atomic mass is 9.76. The van der Waals surface area contributed by atoms with Crippen molar-refractivity contribution in [3.8, 4) is 5.75 Å². The summed E-state index contributed by atoms with van der Waals surface area (Å²) in [6.07, 6.45) is -6.24. The molecule has 1 aromatic rings. The second kappa shape index (κ2) is 13.8. The van der Waals surface area contributed by atoms with Gasteiger partial charge in [0.25, 0.3) is 0 Å². The fourth-order valence-electron chi connectivity index (χ4n) is 4.29. The highest BCUT2D eigenvalue weighted by molar-refractivity contribution is 5.73. The average Bonchev–Trinajstić information content (AvgIpc) is 3.10. The third-order valence-electron chi connectivity index (χ3n) is 6.20. The number of rotatable bonds is 5. The zero-order valence-electron chi connectivity index (χ0n) is 20.7. The Morgan fingerprint density at radius 3 is 1.81 bits per heavy atom. The zero-order chi connectivity index (χ0) is 28.4. The Bertz CT molecular complexity index is 831. The molecule has 0 aromatic heterocycles. The van der Waals surface area contributed by atoms with Gasteiger partial charge in [0.1, 0.15) is 5.75 Å². The number of carboxylic acids is 2. The highest BCUT2D eigenvalue weighted by Gasteiger charge is 2.44. The second-order valence-corrected chi connectivity index (χ2v) is 8.96. The van der Waals surface area contributed by atoms with E-state index in [9.17, 15) is 26.3 Å². The molecule has 0 saturated carbocycles. The highest BCUT2D eigenvalue weighted by Crippen LogP contribution is 2.43. The topological polar surface area (TPSA) is 99.5 Å². The van der Waals surface area contributed by atoms with Gasteiger partial charge in [0.05, 0.1) is 13.7 Å². The molecule has 2 saturated heterocycles. The first kappa shape index (κ1) is 32.4. The molecule has 1 spiro atoms. The lowest BCUT2D eigenvalue weighted by Crippen LogP contribution is -2.40. The Morgan fingerprint density at radius 1 is 0.973 bits per heavy atom. The molecule has 1 unspecified atom stereocenters. The second-order valence-electron chi connectivity index (χ2n) is 8.96. The molecular formula is C23H32F6N2O6. The maximum absolute atomic E-state index is 10.6. The Labute approximate surface area is 210 Å². The van der Waals surface area contributed by atoms with Crippen molar-refractivity contribution in [3.63, 3.8) is 0 Å². The number of likely N-dealkylation sites (N-methyl/N-ethyl adjacent to an activating group) is 1. The number of halogens is 6. The molecule has 37 heavy (non-hydrogen) atoms. The number of benzene rings is 1. The molecule has 2 aliphatic heterocycles. The first-order valence-electron chi connectivity index (χ1n) is 11.2. The molecule has 0 bridgehead atoms. The Balaban J connectivity index is 0.000000404. The molecule has 8 nitrogen and oxygen atoms in total. The van der Waals surface area contributed by atoms with Crippen LogP contribution in [-0.2, 0) is 20.9 Å². The minimum Gasteiger partial charge on any atom is -0.497 e. The summed E-state index contributed by atoms with van der Waals surface area (Å²) in [6, 6.07) is 9.08. The van der Waals surface area contributed by atoms with Crippen LogP contribution >= 0.6 is 0 Å². The number of ether oxygens (including phenoxy) is 2. The first-order valence-corrected chi connectivity index (χ1v) is 11.2. The van der Waals surface area contributed by atoms with Crippen LogP contribution in [0, 0.1) is 5.41 Å². The van der Waals surface area contributed by atoms with Crippen LogP contribution in [0.15, 0.2) is 24.3 Å². The summed E-state index contributed by atoms with van der Waals surface area (Å²) >= 11 is 0. The van der Waals surface area contributed by atoms with Crippen molar-refractivity contribution >= 4 is 11.9 Å². The standard InChI is InChI=1S/C19H30N2O2.2C2HF3O2/c1-20-15-19(12-17(20)14-22-2)8-10-21(11-9-19)13-16-4-6-18(23-3)7-5-16;2*3-2(4,5)1(6)7/h4-7,17H,8-15H2,1-3H3;2*(H,6,7). The van der Waals surface area contributed by atoms with E-state index in [1.54, 1.807) is 7.11 Å². The molecule has 0 radical (unpaired) electrons. The number of hydrogen-bond donors (Lipinski definition) is 2. The van der Waals surface area contributed by atoms with Crippen molar-refractivity contribution in [1.29, 1.82) is 0 Å². The van der Waals surface area contributed by atoms with Crippen molar-refractivity contribution < 1.29 is 55.6 Å². The van der Waals surface area contributed by atoms with Gasteiger partial charge in [0.15, 0.2) is 0 Å². The maximum Gasteiger partial charge on any atom is 0.490 e. The van der Waals surface area contributed by atoms with Gasteiger partial charge in [-0.25, -0.2) is 9.59 Å². The van der Waals surface area contributed by atoms with Crippen molar-refractivity contribution in [2.24, 2.45) is 5.41 Å². The Hall–Kier alpha value is -2.58. The van der Waals surface area contributed by atoms with Gasteiger partial charge in [0.2, 0.25) is 0 Å². The monoisotopic (exact) mass is 546 g/mol. The predicted molar refractivity (Wildman–Crippen MR) is 120 cm³/mol. The lowest BCUT2D eigenvalue weighted by molar-refractivity contribution is -0.193. The fourth-order valence-corrected chi connectivity index (χ4v) is 4.29. The molecule has 3 rings (SSSR count). The number of carboxylic acid groups (broad SMARTS) is 2. The predicted octanol–water partition coefficient (Wildman–Crippen LogP) is 3.89. The van der Waals surface area contributed by atoms with Gasteiger partial charge in [-0.1, -0.05) is 12.1 Å². The van der Waals surface area contributed by atoms with E-state index in [4.69, 9.17) is 29.3 Å². The number of methoxy groups -OCH3 is 2. The van der Waals surface area contributed by atoms with Crippen LogP contribution in [0.3, 0.4) is 0 Å². The van der Waals surface area contributed by atoms with Gasteiger partial charge >= 0.3 is 24.3 Å². The smallest absolute Gasteiger partial charge is 0.490 e. The van der Waals surface area contributed by atoms with Gasteiger partial charge in [-0.3, -0.25) is 4.90 Å². The lowest BCUT2D eigenvalue weighted by Gasteiger charge is -2.39. The molecule has 1 aromatic carbocycles. The summed E-state index contributed by atoms with van der Waals surface area (Å²) in [5.74, 6) is -4.58. The van der Waals surface area contributed by atoms with Crippen LogP contribution < -0.4 is 4.74 Å². The van der Waals surface area contributed by atoms with Crippen molar-refractivity contribution in [3.05, 3.63) is 29.8 Å². The number of likely N-dealkylation sites (tertiary alicyclic amines) is 2. The third-order valence-corrected chi connectivity index (χ3v) is 6.20. The van der Waals surface area contributed by atoms with Gasteiger partial charge in [-0.2, -0.15) is 26.3 Å². The number of nitrogens with zero attached hydrogens (tertiary/aromatic N) is 2. The minimum atomic E-state index is -5.08. The SMILES string of the molecule is COCC1CC2(CCN(Cc3ccc(OC)cc3)CC2)CN1C.O=C(O)C(F)(F)F.O=C(O)C(F)(F)F. The summed E-state index contributed by atoms with van der Waals surface area (Å²) in [6.45, 7) is 5.57. The Morgan fingerprint density at radius 2 is 1.43 bits per heavy atom. The number of aliphatic carboxylic acids is 2. The molecule has 1 atom stereocenters. The largest absolute Gasteiger partial charge is 0.497 e. The summed E-state index contributed by atoms with van der Waals surface area (Å²) in [4.78, 5) is 22.9. The number of carbonyl (C=O) groups is 2. The van der Waals surface area contributed by atoms with Crippen LogP contribution in [0.25, 0.3) is 0 Å². The number of piperidine rings is 1. The molecule has 0 amide bonds. The molecule has 0 aliphatic carbocycles. The average molecular weight is 547 g/mol. The molecule has 212 valence electrons. The minimum absolute atomic E-state index is 0.522. The van der Waals surface area contributed by atoms with E-state index in [-0.39, 0.29) is 0 Å². The highest BCUT2D eigenvalue weighted by atomic mass is 19.4. The van der Waals surface area contributed by atoms with E-state index in [1.807, 2.05) is 7.11 Å². The van der Waals surface area contributed by atoms with Crippen molar-refractivity contribution in [2.75, 3.05) is 47.5 Å². The van der Waals surface area contributed by atoms with Crippen LogP contribution in [0.5, 0.6) is 5.75 Å². The van der Waals surface area contributed by atoms with Crippen molar-refractivity contribution in [1.82, 2.24) is 9.80 Å². The number of hydrogen-bond acceptors (Lipinski definition) is 6. The van der Waals surface area contributed by atoms with Crippen LogP contribution in [0.2, 0.25) is 0 Å². The maximum atomic E-state index is 10.6. The van der Waals surface area contributed by atoms with E-state index in [1.165, 1.54) is 44.5 Å². The first-order chi connectivity index (χ1) is 17.0. The summed E-state index contributed by atoms with van der Waals surface area (Å²) in [7, 11) is 5.78. The van der Waals surface area contributed by atoms with E-state index in [2.05, 4.69) is 41.1 Å². The summed E-state index contributed by atoms with van der Waals surface area (Å²) < 4.78 is 74.1. The van der Waals surface area contributed by atoms with Gasteiger partial charge in [-0.15, -0.1) is 0 Å². The molecule has 2 heterocycles. The van der Waals surface area contributed by atoms with Crippen molar-refractivity contribution in [2.45, 2.75) is 44.2 Å². The van der Waals surface area contributed by atoms with Gasteiger partial charge in [-0.05, 0) is 62.5 Å². The molecule has 2 fully saturated rings. The number of alkyl halides is 6. The zero-order valence-corrected chi connectivity index (χ0v) is 20.7. The molecule has 2 aliphatic rings. The summed E-state index contributed by atoms with van der Waals surface area (Å²) in [5.41, 5.74) is 1.90. The van der Waals surface area contributed by atoms with E-state index in [0.29, 0.717) is 11.5 Å². The normalized spacial score (nSPS) is 19.9. The quantitative estimate of drug-likeness (QED) is 0.537. The fraction of sp³-hybridized carbons (Fsp3) is 0.652. The Kier molecular flexibility index (Phi) is 12.1. The van der Waals surface area contributed by atoms with E-state index >= 15 is 0 Å². The van der Waals surface area contributed by atoms with Crippen LogP contribution in [0.1, 0.15) is 24.8 Å². The summed E-state index contributed by atoms with van der Waals surface area (Å²) in [5, 5.41) is 14.2. The third kappa shape index (κ3) is 11.1. The molecular weight excluding hydrogens is 514 g/mol. The van der Waals surface area contributed by atoms with Gasteiger partial charge in [0, 0.05) is 26.2 Å². The van der Waals surface area contributed by atoms with E-state index < -0.39 is 24.3 Å². The van der Waals surface area contributed by atoms with Crippen LogP contribution in [-0.4, -0.2) is 97.9 Å². The molecule has 14 heteroatoms.